The van der Waals surface area contributed by atoms with Crippen molar-refractivity contribution in [2.75, 3.05) is 10.6 Å². The molecule has 0 aliphatic carbocycles. The van der Waals surface area contributed by atoms with Crippen molar-refractivity contribution >= 4 is 17.3 Å². The normalized spacial score (nSPS) is 12.2. The van der Waals surface area contributed by atoms with Gasteiger partial charge in [0, 0.05) is 23.3 Å². The van der Waals surface area contributed by atoms with E-state index in [9.17, 15) is 4.79 Å². The zero-order valence-electron chi connectivity index (χ0n) is 13.2. The lowest BCUT2D eigenvalue weighted by Crippen LogP contribution is -2.19. The van der Waals surface area contributed by atoms with Crippen molar-refractivity contribution in [3.8, 4) is 0 Å². The predicted molar refractivity (Wildman–Crippen MR) is 87.1 cm³/mol. The monoisotopic (exact) mass is 276 g/mol. The molecule has 0 aromatic heterocycles. The number of hydrogen-bond donors (Lipinski definition) is 2. The van der Waals surface area contributed by atoms with Crippen molar-refractivity contribution in [3.63, 3.8) is 0 Å². The van der Waals surface area contributed by atoms with Gasteiger partial charge in [-0.25, -0.2) is 0 Å². The van der Waals surface area contributed by atoms with E-state index < -0.39 is 0 Å². The fourth-order valence-corrected chi connectivity index (χ4v) is 2.00. The third kappa shape index (κ3) is 5.64. The molecule has 0 fully saturated rings. The number of benzene rings is 1. The van der Waals surface area contributed by atoms with E-state index in [0.29, 0.717) is 6.04 Å². The Kier molecular flexibility index (Phi) is 7.13. The van der Waals surface area contributed by atoms with Gasteiger partial charge in [-0.2, -0.15) is 0 Å². The first-order valence-electron chi connectivity index (χ1n) is 7.74. The zero-order valence-corrected chi connectivity index (χ0v) is 13.2. The summed E-state index contributed by atoms with van der Waals surface area (Å²) in [4.78, 5) is 11.6. The number of anilines is 2. The van der Waals surface area contributed by atoms with Crippen LogP contribution in [-0.2, 0) is 4.79 Å². The van der Waals surface area contributed by atoms with Gasteiger partial charge in [-0.05, 0) is 37.1 Å². The molecule has 0 saturated carbocycles. The van der Waals surface area contributed by atoms with Crippen molar-refractivity contribution in [1.29, 1.82) is 0 Å². The highest BCUT2D eigenvalue weighted by molar-refractivity contribution is 5.92. The largest absolute Gasteiger partial charge is 0.382 e. The molecule has 0 heterocycles. The van der Waals surface area contributed by atoms with Crippen LogP contribution in [0.4, 0.5) is 11.4 Å². The van der Waals surface area contributed by atoms with Gasteiger partial charge >= 0.3 is 0 Å². The van der Waals surface area contributed by atoms with Crippen LogP contribution in [0.25, 0.3) is 0 Å². The number of amides is 1. The molecular formula is C17H28N2O. The number of unbranched alkanes of at least 4 members (excludes halogenated alkanes) is 1. The second kappa shape index (κ2) is 8.62. The third-order valence-corrected chi connectivity index (χ3v) is 3.45. The minimum Gasteiger partial charge on any atom is -0.382 e. The molecule has 0 bridgehead atoms. The molecule has 0 aliphatic heterocycles. The Hall–Kier alpha value is -1.51. The van der Waals surface area contributed by atoms with Crippen molar-refractivity contribution in [3.05, 3.63) is 24.3 Å². The van der Waals surface area contributed by atoms with Crippen LogP contribution < -0.4 is 10.6 Å². The van der Waals surface area contributed by atoms with Gasteiger partial charge in [0.05, 0.1) is 0 Å². The fraction of sp³-hybridized carbons (Fsp3) is 0.588. The van der Waals surface area contributed by atoms with Gasteiger partial charge in [-0.1, -0.05) is 40.5 Å². The van der Waals surface area contributed by atoms with Crippen LogP contribution in [0, 0.1) is 5.92 Å². The fourth-order valence-electron chi connectivity index (χ4n) is 2.00. The van der Waals surface area contributed by atoms with Crippen LogP contribution in [0.2, 0.25) is 0 Å². The molecule has 1 aromatic carbocycles. The summed E-state index contributed by atoms with van der Waals surface area (Å²) in [5, 5.41) is 6.46. The molecule has 1 atom stereocenters. The summed E-state index contributed by atoms with van der Waals surface area (Å²) >= 11 is 0. The Morgan fingerprint density at radius 1 is 1.10 bits per heavy atom. The first kappa shape index (κ1) is 16.5. The second-order valence-electron chi connectivity index (χ2n) is 5.61. The molecule has 3 heteroatoms. The maximum atomic E-state index is 11.6. The topological polar surface area (TPSA) is 41.1 Å². The van der Waals surface area contributed by atoms with Gasteiger partial charge in [-0.15, -0.1) is 0 Å². The Balaban J connectivity index is 2.55. The summed E-state index contributed by atoms with van der Waals surface area (Å²) in [5.74, 6) is 0.0615. The third-order valence-electron chi connectivity index (χ3n) is 3.45. The Morgan fingerprint density at radius 3 is 2.20 bits per heavy atom. The van der Waals surface area contributed by atoms with Gasteiger partial charge in [0.1, 0.15) is 0 Å². The Labute approximate surface area is 123 Å². The van der Waals surface area contributed by atoms with Gasteiger partial charge in [0.25, 0.3) is 0 Å². The first-order chi connectivity index (χ1) is 9.56. The number of carbonyl (C=O) groups is 1. The van der Waals surface area contributed by atoms with Crippen molar-refractivity contribution in [1.82, 2.24) is 0 Å². The summed E-state index contributed by atoms with van der Waals surface area (Å²) in [7, 11) is 0. The van der Waals surface area contributed by atoms with Crippen molar-refractivity contribution in [2.45, 2.75) is 59.4 Å². The van der Waals surface area contributed by atoms with E-state index in [2.05, 4.69) is 24.5 Å². The Bertz CT molecular complexity index is 398. The van der Waals surface area contributed by atoms with Crippen LogP contribution >= 0.6 is 0 Å². The number of hydrogen-bond acceptors (Lipinski definition) is 2. The van der Waals surface area contributed by atoms with E-state index in [1.807, 2.05) is 38.1 Å². The van der Waals surface area contributed by atoms with Gasteiger partial charge in [0.2, 0.25) is 5.91 Å². The molecule has 0 radical (unpaired) electrons. The lowest BCUT2D eigenvalue weighted by atomic mass is 10.1. The molecule has 1 aromatic rings. The average molecular weight is 276 g/mol. The van der Waals surface area contributed by atoms with Crippen molar-refractivity contribution in [2.24, 2.45) is 5.92 Å². The smallest absolute Gasteiger partial charge is 0.226 e. The molecular weight excluding hydrogens is 248 g/mol. The summed E-state index contributed by atoms with van der Waals surface area (Å²) in [6.07, 6.45) is 4.83. The molecule has 0 aliphatic rings. The molecule has 1 unspecified atom stereocenters. The lowest BCUT2D eigenvalue weighted by Gasteiger charge is -2.18. The minimum atomic E-state index is 0.00585. The molecule has 20 heavy (non-hydrogen) atoms. The summed E-state index contributed by atoms with van der Waals surface area (Å²) in [5.41, 5.74) is 1.98. The van der Waals surface area contributed by atoms with E-state index in [-0.39, 0.29) is 11.8 Å². The molecule has 1 amide bonds. The highest BCUT2D eigenvalue weighted by atomic mass is 16.1. The lowest BCUT2D eigenvalue weighted by molar-refractivity contribution is -0.118. The molecule has 0 spiro atoms. The quantitative estimate of drug-likeness (QED) is 0.725. The van der Waals surface area contributed by atoms with Crippen LogP contribution in [0.1, 0.15) is 53.4 Å². The molecule has 1 rings (SSSR count). The average Bonchev–Trinajstić information content (AvgIpc) is 2.45. The standard InChI is InChI=1S/C17H28N2O/c1-5-7-8-14(6-2)18-15-9-11-16(12-10-15)19-17(20)13(3)4/h9-14,18H,5-8H2,1-4H3,(H,19,20). The molecule has 2 N–H and O–H groups in total. The number of nitrogens with one attached hydrogen (secondary N) is 2. The Morgan fingerprint density at radius 2 is 1.70 bits per heavy atom. The van der Waals surface area contributed by atoms with Gasteiger partial charge < -0.3 is 10.6 Å². The SMILES string of the molecule is CCCCC(CC)Nc1ccc(NC(=O)C(C)C)cc1. The van der Waals surface area contributed by atoms with E-state index in [4.69, 9.17) is 0 Å². The zero-order chi connectivity index (χ0) is 15.0. The van der Waals surface area contributed by atoms with Gasteiger partial charge in [0.15, 0.2) is 0 Å². The van der Waals surface area contributed by atoms with Gasteiger partial charge in [-0.3, -0.25) is 4.79 Å². The second-order valence-corrected chi connectivity index (χ2v) is 5.61. The highest BCUT2D eigenvalue weighted by Crippen LogP contribution is 2.17. The van der Waals surface area contributed by atoms with E-state index in [1.54, 1.807) is 0 Å². The maximum absolute atomic E-state index is 11.6. The van der Waals surface area contributed by atoms with Crippen LogP contribution in [-0.4, -0.2) is 11.9 Å². The summed E-state index contributed by atoms with van der Waals surface area (Å²) in [6, 6.07) is 8.51. The van der Waals surface area contributed by atoms with Crippen LogP contribution in [0.3, 0.4) is 0 Å². The van der Waals surface area contributed by atoms with Crippen molar-refractivity contribution < 1.29 is 4.79 Å². The van der Waals surface area contributed by atoms with E-state index in [0.717, 1.165) is 17.8 Å². The van der Waals surface area contributed by atoms with Crippen LogP contribution in [0.15, 0.2) is 24.3 Å². The first-order valence-corrected chi connectivity index (χ1v) is 7.74. The summed E-state index contributed by atoms with van der Waals surface area (Å²) < 4.78 is 0. The number of carbonyl (C=O) groups excluding carboxylic acids is 1. The molecule has 3 nitrogen and oxygen atoms in total. The van der Waals surface area contributed by atoms with Crippen LogP contribution in [0.5, 0.6) is 0 Å². The molecule has 112 valence electrons. The summed E-state index contributed by atoms with van der Waals surface area (Å²) in [6.45, 7) is 8.22. The maximum Gasteiger partial charge on any atom is 0.226 e. The van der Waals surface area contributed by atoms with E-state index >= 15 is 0 Å². The predicted octanol–water partition coefficient (Wildman–Crippen LogP) is 4.66. The minimum absolute atomic E-state index is 0.00585. The van der Waals surface area contributed by atoms with E-state index in [1.165, 1.54) is 19.3 Å². The number of rotatable bonds is 8. The highest BCUT2D eigenvalue weighted by Gasteiger charge is 2.08. The molecule has 0 saturated heterocycles.